The van der Waals surface area contributed by atoms with E-state index in [1.54, 1.807) is 0 Å². The average molecular weight is 318 g/mol. The Bertz CT molecular complexity index is 508. The standard InChI is InChI=1S/C11H9ClIN/c1-6-3-4-8(13)11-9(6)10(12)7(2)5-14-11/h3-5H,1-2H3. The molecule has 1 aromatic carbocycles. The zero-order chi connectivity index (χ0) is 10.3. The molecular formula is C11H9ClIN. The number of hydrogen-bond acceptors (Lipinski definition) is 1. The largest absolute Gasteiger partial charge is 0.255 e. The van der Waals surface area contributed by atoms with Gasteiger partial charge in [-0.05, 0) is 53.6 Å². The normalized spacial score (nSPS) is 10.9. The number of pyridine rings is 1. The summed E-state index contributed by atoms with van der Waals surface area (Å²) < 4.78 is 1.14. The predicted molar refractivity (Wildman–Crippen MR) is 68.9 cm³/mol. The highest BCUT2D eigenvalue weighted by Crippen LogP contribution is 2.30. The Hall–Kier alpha value is -0.350. The molecule has 3 heteroatoms. The van der Waals surface area contributed by atoms with Crippen molar-refractivity contribution < 1.29 is 0 Å². The van der Waals surface area contributed by atoms with Crippen LogP contribution in [0.2, 0.25) is 5.02 Å². The highest BCUT2D eigenvalue weighted by atomic mass is 127. The van der Waals surface area contributed by atoms with Crippen molar-refractivity contribution in [2.75, 3.05) is 0 Å². The van der Waals surface area contributed by atoms with E-state index in [0.29, 0.717) is 0 Å². The van der Waals surface area contributed by atoms with Crippen LogP contribution in [0, 0.1) is 17.4 Å². The summed E-state index contributed by atoms with van der Waals surface area (Å²) in [6.07, 6.45) is 1.83. The van der Waals surface area contributed by atoms with Crippen LogP contribution in [0.5, 0.6) is 0 Å². The Morgan fingerprint density at radius 3 is 2.64 bits per heavy atom. The quantitative estimate of drug-likeness (QED) is 0.666. The van der Waals surface area contributed by atoms with Gasteiger partial charge in [-0.3, -0.25) is 4.98 Å². The highest BCUT2D eigenvalue weighted by Gasteiger charge is 2.08. The van der Waals surface area contributed by atoms with Gasteiger partial charge < -0.3 is 0 Å². The van der Waals surface area contributed by atoms with Gasteiger partial charge in [-0.1, -0.05) is 17.7 Å². The summed E-state index contributed by atoms with van der Waals surface area (Å²) in [4.78, 5) is 4.41. The van der Waals surface area contributed by atoms with Gasteiger partial charge >= 0.3 is 0 Å². The lowest BCUT2D eigenvalue weighted by Crippen LogP contribution is -1.89. The van der Waals surface area contributed by atoms with Crippen molar-refractivity contribution in [3.63, 3.8) is 0 Å². The van der Waals surface area contributed by atoms with Crippen LogP contribution in [0.4, 0.5) is 0 Å². The monoisotopic (exact) mass is 317 g/mol. The molecule has 0 spiro atoms. The van der Waals surface area contributed by atoms with Crippen LogP contribution in [0.1, 0.15) is 11.1 Å². The maximum atomic E-state index is 6.26. The Labute approximate surface area is 102 Å². The molecule has 2 aromatic rings. The molecule has 0 aliphatic heterocycles. The molecular weight excluding hydrogens is 308 g/mol. The molecule has 0 bridgehead atoms. The molecule has 0 N–H and O–H groups in total. The molecule has 0 radical (unpaired) electrons. The van der Waals surface area contributed by atoms with Gasteiger partial charge in [0, 0.05) is 15.2 Å². The first-order valence-corrected chi connectivity index (χ1v) is 5.77. The van der Waals surface area contributed by atoms with Gasteiger partial charge in [0.2, 0.25) is 0 Å². The van der Waals surface area contributed by atoms with Gasteiger partial charge in [-0.25, -0.2) is 0 Å². The van der Waals surface area contributed by atoms with Crippen LogP contribution < -0.4 is 0 Å². The van der Waals surface area contributed by atoms with Crippen molar-refractivity contribution in [1.82, 2.24) is 4.98 Å². The Morgan fingerprint density at radius 2 is 1.93 bits per heavy atom. The number of aromatic nitrogens is 1. The van der Waals surface area contributed by atoms with Crippen LogP contribution >= 0.6 is 34.2 Å². The van der Waals surface area contributed by atoms with E-state index in [4.69, 9.17) is 11.6 Å². The first kappa shape index (κ1) is 10.2. The van der Waals surface area contributed by atoms with Crippen LogP contribution in [-0.4, -0.2) is 4.98 Å². The topological polar surface area (TPSA) is 12.9 Å². The second kappa shape index (κ2) is 3.66. The van der Waals surface area contributed by atoms with Crippen molar-refractivity contribution in [2.45, 2.75) is 13.8 Å². The molecule has 2 rings (SSSR count). The van der Waals surface area contributed by atoms with E-state index in [-0.39, 0.29) is 0 Å². The first-order valence-electron chi connectivity index (χ1n) is 4.31. The summed E-state index contributed by atoms with van der Waals surface area (Å²) in [5.41, 5.74) is 3.21. The van der Waals surface area contributed by atoms with Gasteiger partial charge in [-0.15, -0.1) is 0 Å². The minimum absolute atomic E-state index is 0.825. The van der Waals surface area contributed by atoms with Gasteiger partial charge in [0.05, 0.1) is 10.5 Å². The van der Waals surface area contributed by atoms with E-state index in [1.807, 2.05) is 13.1 Å². The average Bonchev–Trinajstić information content (AvgIpc) is 2.16. The Morgan fingerprint density at radius 1 is 1.21 bits per heavy atom. The summed E-state index contributed by atoms with van der Waals surface area (Å²) in [6.45, 7) is 4.04. The van der Waals surface area contributed by atoms with Crippen molar-refractivity contribution in [3.8, 4) is 0 Å². The molecule has 1 aromatic heterocycles. The van der Waals surface area contributed by atoms with E-state index >= 15 is 0 Å². The van der Waals surface area contributed by atoms with Crippen LogP contribution in [0.3, 0.4) is 0 Å². The SMILES string of the molecule is Cc1cnc2c(I)ccc(C)c2c1Cl. The van der Waals surface area contributed by atoms with Crippen LogP contribution in [-0.2, 0) is 0 Å². The molecule has 1 heterocycles. The number of rotatable bonds is 0. The summed E-state index contributed by atoms with van der Waals surface area (Å²) in [7, 11) is 0. The van der Waals surface area contributed by atoms with E-state index < -0.39 is 0 Å². The highest BCUT2D eigenvalue weighted by molar-refractivity contribution is 14.1. The Balaban J connectivity index is 3.01. The van der Waals surface area contributed by atoms with E-state index in [2.05, 4.69) is 46.6 Å². The second-order valence-electron chi connectivity index (χ2n) is 3.34. The van der Waals surface area contributed by atoms with Crippen molar-refractivity contribution in [1.29, 1.82) is 0 Å². The maximum Gasteiger partial charge on any atom is 0.0853 e. The third-order valence-corrected chi connectivity index (χ3v) is 3.65. The molecule has 0 saturated heterocycles. The minimum Gasteiger partial charge on any atom is -0.255 e. The fourth-order valence-corrected chi connectivity index (χ4v) is 2.36. The van der Waals surface area contributed by atoms with Crippen LogP contribution in [0.15, 0.2) is 18.3 Å². The fourth-order valence-electron chi connectivity index (χ4n) is 1.49. The molecule has 0 amide bonds. The minimum atomic E-state index is 0.825. The fraction of sp³-hybridized carbons (Fsp3) is 0.182. The third-order valence-electron chi connectivity index (χ3n) is 2.29. The third kappa shape index (κ3) is 1.50. The molecule has 0 aliphatic rings. The molecule has 1 nitrogen and oxygen atoms in total. The van der Waals surface area contributed by atoms with E-state index in [9.17, 15) is 0 Å². The van der Waals surface area contributed by atoms with Gasteiger partial charge in [0.15, 0.2) is 0 Å². The Kier molecular flexibility index (Phi) is 2.66. The molecule has 72 valence electrons. The zero-order valence-electron chi connectivity index (χ0n) is 7.94. The smallest absolute Gasteiger partial charge is 0.0853 e. The van der Waals surface area contributed by atoms with Crippen molar-refractivity contribution >= 4 is 45.1 Å². The van der Waals surface area contributed by atoms with Crippen LogP contribution in [0.25, 0.3) is 10.9 Å². The summed E-state index contributed by atoms with van der Waals surface area (Å²) >= 11 is 8.54. The first-order chi connectivity index (χ1) is 6.61. The summed E-state index contributed by atoms with van der Waals surface area (Å²) in [6, 6.07) is 4.15. The van der Waals surface area contributed by atoms with Gasteiger partial charge in [0.25, 0.3) is 0 Å². The number of fused-ring (bicyclic) bond motifs is 1. The molecule has 0 fully saturated rings. The summed E-state index contributed by atoms with van der Waals surface area (Å²) in [5, 5.41) is 1.91. The lowest BCUT2D eigenvalue weighted by atomic mass is 10.1. The molecule has 0 atom stereocenters. The lowest BCUT2D eigenvalue weighted by Gasteiger charge is -2.07. The van der Waals surface area contributed by atoms with Crippen molar-refractivity contribution in [2.24, 2.45) is 0 Å². The molecule has 0 unspecified atom stereocenters. The van der Waals surface area contributed by atoms with Crippen molar-refractivity contribution in [3.05, 3.63) is 38.0 Å². The predicted octanol–water partition coefficient (Wildman–Crippen LogP) is 4.11. The maximum absolute atomic E-state index is 6.26. The van der Waals surface area contributed by atoms with E-state index in [0.717, 1.165) is 25.1 Å². The molecule has 14 heavy (non-hydrogen) atoms. The zero-order valence-corrected chi connectivity index (χ0v) is 10.8. The van der Waals surface area contributed by atoms with Gasteiger partial charge in [-0.2, -0.15) is 0 Å². The second-order valence-corrected chi connectivity index (χ2v) is 4.88. The number of benzene rings is 1. The molecule has 0 saturated carbocycles. The number of nitrogens with zero attached hydrogens (tertiary/aromatic N) is 1. The molecule has 0 aliphatic carbocycles. The lowest BCUT2D eigenvalue weighted by molar-refractivity contribution is 1.31. The number of halogens is 2. The number of aryl methyl sites for hydroxylation is 2. The van der Waals surface area contributed by atoms with Gasteiger partial charge in [0.1, 0.15) is 0 Å². The summed E-state index contributed by atoms with van der Waals surface area (Å²) in [5.74, 6) is 0. The van der Waals surface area contributed by atoms with E-state index in [1.165, 1.54) is 5.56 Å². The number of hydrogen-bond donors (Lipinski definition) is 0.